The van der Waals surface area contributed by atoms with Crippen LogP contribution in [-0.4, -0.2) is 43.6 Å². The molecule has 0 amide bonds. The normalized spacial score (nSPS) is 15.3. The predicted molar refractivity (Wildman–Crippen MR) is 126 cm³/mol. The number of hydrogen-bond acceptors (Lipinski definition) is 5. The van der Waals surface area contributed by atoms with Crippen LogP contribution in [0.5, 0.6) is 5.88 Å². The van der Waals surface area contributed by atoms with Crippen LogP contribution in [0.25, 0.3) is 11.0 Å². The maximum atomic E-state index is 6.46. The highest BCUT2D eigenvalue weighted by Gasteiger charge is 2.24. The lowest BCUT2D eigenvalue weighted by molar-refractivity contribution is 0.0944. The molecule has 1 aromatic carbocycles. The van der Waals surface area contributed by atoms with Gasteiger partial charge in [0.05, 0.1) is 5.39 Å². The summed E-state index contributed by atoms with van der Waals surface area (Å²) in [6.07, 6.45) is 7.57. The first-order valence-electron chi connectivity index (χ1n) is 11.3. The van der Waals surface area contributed by atoms with Crippen molar-refractivity contribution in [3.63, 3.8) is 0 Å². The second-order valence-corrected chi connectivity index (χ2v) is 8.61. The van der Waals surface area contributed by atoms with Gasteiger partial charge in [0, 0.05) is 44.3 Å². The summed E-state index contributed by atoms with van der Waals surface area (Å²) in [5, 5.41) is 1.04. The highest BCUT2D eigenvalue weighted by atomic mass is 16.5. The maximum absolute atomic E-state index is 6.46. The van der Waals surface area contributed by atoms with E-state index in [9.17, 15) is 0 Å². The largest absolute Gasteiger partial charge is 0.474 e. The Labute approximate surface area is 188 Å². The van der Waals surface area contributed by atoms with Gasteiger partial charge in [0.1, 0.15) is 18.1 Å². The van der Waals surface area contributed by atoms with Crippen LogP contribution in [0.15, 0.2) is 61.2 Å². The lowest BCUT2D eigenvalue weighted by Gasteiger charge is -2.31. The van der Waals surface area contributed by atoms with Gasteiger partial charge < -0.3 is 9.30 Å². The van der Waals surface area contributed by atoms with Crippen molar-refractivity contribution < 1.29 is 4.74 Å². The van der Waals surface area contributed by atoms with Crippen molar-refractivity contribution >= 4 is 11.0 Å². The molecule has 0 N–H and O–H groups in total. The lowest BCUT2D eigenvalue weighted by atomic mass is 10.1. The van der Waals surface area contributed by atoms with E-state index >= 15 is 0 Å². The number of likely N-dealkylation sites (tertiary alicyclic amines) is 1. The zero-order valence-corrected chi connectivity index (χ0v) is 18.7. The molecule has 1 fully saturated rings. The fourth-order valence-corrected chi connectivity index (χ4v) is 4.58. The van der Waals surface area contributed by atoms with Crippen LogP contribution in [0, 0.1) is 13.8 Å². The Hall–Kier alpha value is -3.25. The van der Waals surface area contributed by atoms with Crippen molar-refractivity contribution in [3.05, 3.63) is 83.6 Å². The van der Waals surface area contributed by atoms with Crippen molar-refractivity contribution in [2.24, 2.45) is 0 Å². The quantitative estimate of drug-likeness (QED) is 0.452. The molecule has 1 aliphatic heterocycles. The molecule has 164 valence electrons. The Morgan fingerprint density at radius 2 is 1.72 bits per heavy atom. The van der Waals surface area contributed by atoms with E-state index in [1.807, 2.05) is 24.5 Å². The van der Waals surface area contributed by atoms with Crippen molar-refractivity contribution in [3.8, 4) is 5.88 Å². The third-order valence-corrected chi connectivity index (χ3v) is 6.50. The average molecular weight is 428 g/mol. The number of rotatable bonds is 6. The van der Waals surface area contributed by atoms with E-state index in [-0.39, 0.29) is 6.10 Å². The SMILES string of the molecule is Cc1c(C)n(Cc2ccccc2)c2ncnc(OC3CCN(Cc4cccnc4)CC3)c12. The van der Waals surface area contributed by atoms with E-state index in [0.717, 1.165) is 50.1 Å². The molecule has 5 rings (SSSR count). The molecule has 4 heterocycles. The molecule has 0 saturated carbocycles. The molecule has 0 atom stereocenters. The zero-order valence-electron chi connectivity index (χ0n) is 18.7. The van der Waals surface area contributed by atoms with Gasteiger partial charge in [-0.25, -0.2) is 9.97 Å². The minimum Gasteiger partial charge on any atom is -0.474 e. The first-order valence-corrected chi connectivity index (χ1v) is 11.3. The summed E-state index contributed by atoms with van der Waals surface area (Å²) < 4.78 is 8.73. The fraction of sp³-hybridized carbons (Fsp3) is 0.346. The highest BCUT2D eigenvalue weighted by Crippen LogP contribution is 2.32. The van der Waals surface area contributed by atoms with E-state index in [2.05, 4.69) is 68.6 Å². The van der Waals surface area contributed by atoms with Gasteiger partial charge >= 0.3 is 0 Å². The molecule has 0 unspecified atom stereocenters. The van der Waals surface area contributed by atoms with Gasteiger partial charge in [-0.3, -0.25) is 9.88 Å². The molecule has 4 aromatic rings. The second kappa shape index (κ2) is 9.09. The van der Waals surface area contributed by atoms with E-state index in [1.54, 1.807) is 6.33 Å². The summed E-state index contributed by atoms with van der Waals surface area (Å²) in [6, 6.07) is 14.6. The second-order valence-electron chi connectivity index (χ2n) is 8.61. The fourth-order valence-electron chi connectivity index (χ4n) is 4.58. The summed E-state index contributed by atoms with van der Waals surface area (Å²) in [4.78, 5) is 15.9. The molecule has 1 saturated heterocycles. The Morgan fingerprint density at radius 3 is 2.47 bits per heavy atom. The number of piperidine rings is 1. The number of benzene rings is 1. The third kappa shape index (κ3) is 4.23. The van der Waals surface area contributed by atoms with Crippen LogP contribution in [0.3, 0.4) is 0 Å². The predicted octanol–water partition coefficient (Wildman–Crippen LogP) is 4.53. The summed E-state index contributed by atoms with van der Waals surface area (Å²) in [7, 11) is 0. The maximum Gasteiger partial charge on any atom is 0.226 e. The van der Waals surface area contributed by atoms with Gasteiger partial charge in [0.15, 0.2) is 0 Å². The Balaban J connectivity index is 1.31. The number of aromatic nitrogens is 4. The summed E-state index contributed by atoms with van der Waals surface area (Å²) in [6.45, 7) is 8.06. The van der Waals surface area contributed by atoms with Gasteiger partial charge in [-0.05, 0) is 49.4 Å². The Bertz CT molecular complexity index is 1180. The minimum absolute atomic E-state index is 0.176. The molecule has 0 aliphatic carbocycles. The number of ether oxygens (including phenoxy) is 1. The van der Waals surface area contributed by atoms with E-state index in [0.29, 0.717) is 5.88 Å². The number of nitrogens with zero attached hydrogens (tertiary/aromatic N) is 5. The number of fused-ring (bicyclic) bond motifs is 1. The molecule has 6 heteroatoms. The Morgan fingerprint density at radius 1 is 0.938 bits per heavy atom. The molecule has 0 bridgehead atoms. The Kier molecular flexibility index (Phi) is 5.86. The van der Waals surface area contributed by atoms with Gasteiger partial charge in [-0.15, -0.1) is 0 Å². The third-order valence-electron chi connectivity index (χ3n) is 6.50. The molecule has 3 aromatic heterocycles. The van der Waals surface area contributed by atoms with Crippen molar-refractivity contribution in [1.82, 2.24) is 24.4 Å². The zero-order chi connectivity index (χ0) is 21.9. The van der Waals surface area contributed by atoms with Crippen LogP contribution < -0.4 is 4.74 Å². The number of hydrogen-bond donors (Lipinski definition) is 0. The molecule has 0 radical (unpaired) electrons. The number of aryl methyl sites for hydroxylation is 1. The standard InChI is InChI=1S/C26H29N5O/c1-19-20(2)31(17-21-7-4-3-5-8-21)25-24(19)26(29-18-28-25)32-23-10-13-30(14-11-23)16-22-9-6-12-27-15-22/h3-9,12,15,18,23H,10-11,13-14,16-17H2,1-2H3. The topological polar surface area (TPSA) is 56.1 Å². The summed E-state index contributed by atoms with van der Waals surface area (Å²) in [5.41, 5.74) is 5.87. The van der Waals surface area contributed by atoms with Crippen LogP contribution in [0.1, 0.15) is 35.2 Å². The molecule has 6 nitrogen and oxygen atoms in total. The van der Waals surface area contributed by atoms with Crippen molar-refractivity contribution in [2.75, 3.05) is 13.1 Å². The van der Waals surface area contributed by atoms with Crippen LogP contribution in [0.4, 0.5) is 0 Å². The van der Waals surface area contributed by atoms with Crippen molar-refractivity contribution in [2.45, 2.75) is 45.9 Å². The number of pyridine rings is 1. The van der Waals surface area contributed by atoms with Gasteiger partial charge in [0.2, 0.25) is 5.88 Å². The summed E-state index contributed by atoms with van der Waals surface area (Å²) >= 11 is 0. The monoisotopic (exact) mass is 427 g/mol. The van der Waals surface area contributed by atoms with Crippen LogP contribution in [0.2, 0.25) is 0 Å². The van der Waals surface area contributed by atoms with E-state index in [1.165, 1.54) is 22.4 Å². The first-order chi connectivity index (χ1) is 15.7. The average Bonchev–Trinajstić information content (AvgIpc) is 3.07. The molecule has 1 aliphatic rings. The van der Waals surface area contributed by atoms with E-state index in [4.69, 9.17) is 4.74 Å². The minimum atomic E-state index is 0.176. The van der Waals surface area contributed by atoms with E-state index < -0.39 is 0 Å². The molecule has 32 heavy (non-hydrogen) atoms. The van der Waals surface area contributed by atoms with Crippen LogP contribution in [-0.2, 0) is 13.1 Å². The molecular formula is C26H29N5O. The van der Waals surface area contributed by atoms with Crippen LogP contribution >= 0.6 is 0 Å². The molecule has 0 spiro atoms. The summed E-state index contributed by atoms with van der Waals surface area (Å²) in [5.74, 6) is 0.716. The molecular weight excluding hydrogens is 398 g/mol. The lowest BCUT2D eigenvalue weighted by Crippen LogP contribution is -2.37. The van der Waals surface area contributed by atoms with Gasteiger partial charge in [0.25, 0.3) is 0 Å². The first kappa shape index (κ1) is 20.6. The highest BCUT2D eigenvalue weighted by molar-refractivity contribution is 5.86. The van der Waals surface area contributed by atoms with Gasteiger partial charge in [-0.2, -0.15) is 0 Å². The van der Waals surface area contributed by atoms with Gasteiger partial charge in [-0.1, -0.05) is 36.4 Å². The van der Waals surface area contributed by atoms with Crippen molar-refractivity contribution in [1.29, 1.82) is 0 Å². The smallest absolute Gasteiger partial charge is 0.226 e.